The molecule has 1 saturated heterocycles. The number of anilines is 2. The highest BCUT2D eigenvalue weighted by Gasteiger charge is 2.19. The number of pyridine rings is 1. The highest BCUT2D eigenvalue weighted by atomic mass is 16.4. The van der Waals surface area contributed by atoms with Crippen LogP contribution in [-0.2, 0) is 0 Å². The van der Waals surface area contributed by atoms with Crippen LogP contribution in [0.3, 0.4) is 0 Å². The normalized spacial score (nSPS) is 17.1. The zero-order valence-corrected chi connectivity index (χ0v) is 9.89. The monoisotopic (exact) mass is 235 g/mol. The zero-order chi connectivity index (χ0) is 12.4. The van der Waals surface area contributed by atoms with Crippen molar-refractivity contribution in [2.24, 2.45) is 5.92 Å². The molecule has 0 saturated carbocycles. The summed E-state index contributed by atoms with van der Waals surface area (Å²) in [6.07, 6.45) is 3.62. The van der Waals surface area contributed by atoms with E-state index in [4.69, 9.17) is 10.8 Å². The fraction of sp³-hybridized carbons (Fsp3) is 0.500. The minimum Gasteiger partial charge on any atom is -0.478 e. The van der Waals surface area contributed by atoms with Crippen molar-refractivity contribution in [1.82, 2.24) is 4.98 Å². The molecule has 5 nitrogen and oxygen atoms in total. The average molecular weight is 235 g/mol. The van der Waals surface area contributed by atoms with Gasteiger partial charge in [-0.3, -0.25) is 0 Å². The number of rotatable bonds is 2. The predicted octanol–water partition coefficient (Wildman–Crippen LogP) is 1.60. The van der Waals surface area contributed by atoms with E-state index in [-0.39, 0.29) is 5.56 Å². The Balaban J connectivity index is 2.19. The van der Waals surface area contributed by atoms with Crippen LogP contribution in [0.4, 0.5) is 11.5 Å². The summed E-state index contributed by atoms with van der Waals surface area (Å²) in [7, 11) is 0. The van der Waals surface area contributed by atoms with E-state index in [1.54, 1.807) is 0 Å². The van der Waals surface area contributed by atoms with Crippen molar-refractivity contribution >= 4 is 17.5 Å². The third-order valence-corrected chi connectivity index (χ3v) is 3.23. The third kappa shape index (κ3) is 2.49. The van der Waals surface area contributed by atoms with Crippen molar-refractivity contribution in [2.75, 3.05) is 23.7 Å². The van der Waals surface area contributed by atoms with Crippen LogP contribution in [0.15, 0.2) is 12.3 Å². The van der Waals surface area contributed by atoms with Crippen LogP contribution in [0.1, 0.15) is 30.1 Å². The minimum absolute atomic E-state index is 0.136. The Bertz CT molecular complexity index is 426. The molecule has 0 aromatic carbocycles. The summed E-state index contributed by atoms with van der Waals surface area (Å²) in [6.45, 7) is 4.11. The maximum Gasteiger partial charge on any atom is 0.337 e. The molecule has 0 atom stereocenters. The summed E-state index contributed by atoms with van der Waals surface area (Å²) in [5.74, 6) is 0.454. The number of piperidine rings is 1. The molecule has 0 aliphatic carbocycles. The molecule has 0 unspecified atom stereocenters. The van der Waals surface area contributed by atoms with E-state index in [1.165, 1.54) is 12.3 Å². The van der Waals surface area contributed by atoms with Crippen molar-refractivity contribution < 1.29 is 9.90 Å². The first-order valence-electron chi connectivity index (χ1n) is 5.81. The number of hydrogen-bond donors (Lipinski definition) is 2. The van der Waals surface area contributed by atoms with Gasteiger partial charge in [-0.25, -0.2) is 9.78 Å². The highest BCUT2D eigenvalue weighted by molar-refractivity contribution is 5.89. The Morgan fingerprint density at radius 2 is 2.18 bits per heavy atom. The number of nitrogens with zero attached hydrogens (tertiary/aromatic N) is 2. The van der Waals surface area contributed by atoms with Gasteiger partial charge in [-0.2, -0.15) is 0 Å². The van der Waals surface area contributed by atoms with Crippen LogP contribution >= 0.6 is 0 Å². The molecule has 0 bridgehead atoms. The lowest BCUT2D eigenvalue weighted by Crippen LogP contribution is -2.34. The molecule has 0 spiro atoms. The van der Waals surface area contributed by atoms with Gasteiger partial charge < -0.3 is 15.7 Å². The van der Waals surface area contributed by atoms with Gasteiger partial charge >= 0.3 is 5.97 Å². The van der Waals surface area contributed by atoms with Gasteiger partial charge in [-0.15, -0.1) is 0 Å². The number of aromatic carboxylic acids is 1. The largest absolute Gasteiger partial charge is 0.478 e. The Hall–Kier alpha value is -1.78. The number of aromatic nitrogens is 1. The van der Waals surface area contributed by atoms with E-state index in [9.17, 15) is 4.79 Å². The molecule has 1 aromatic rings. The standard InChI is InChI=1S/C12H17N3O2/c1-8-2-4-15(5-3-8)11-10(13)6-9(7-14-11)12(16)17/h6-8H,2-5,13H2,1H3,(H,16,17). The zero-order valence-electron chi connectivity index (χ0n) is 9.89. The number of nitrogen functional groups attached to an aromatic ring is 1. The van der Waals surface area contributed by atoms with Gasteiger partial charge in [0.2, 0.25) is 0 Å². The molecule has 5 heteroatoms. The minimum atomic E-state index is -0.997. The summed E-state index contributed by atoms with van der Waals surface area (Å²) in [5, 5.41) is 8.84. The van der Waals surface area contributed by atoms with E-state index in [2.05, 4.69) is 16.8 Å². The molecule has 1 fully saturated rings. The molecule has 3 N–H and O–H groups in total. The molecule has 0 amide bonds. The fourth-order valence-electron chi connectivity index (χ4n) is 2.08. The van der Waals surface area contributed by atoms with E-state index < -0.39 is 5.97 Å². The molecular weight excluding hydrogens is 218 g/mol. The van der Waals surface area contributed by atoms with Crippen LogP contribution in [0.5, 0.6) is 0 Å². The van der Waals surface area contributed by atoms with Gasteiger partial charge in [0.25, 0.3) is 0 Å². The summed E-state index contributed by atoms with van der Waals surface area (Å²) in [4.78, 5) is 17.1. The summed E-state index contributed by atoms with van der Waals surface area (Å²) in [6, 6.07) is 1.47. The van der Waals surface area contributed by atoms with Crippen molar-refractivity contribution in [1.29, 1.82) is 0 Å². The Morgan fingerprint density at radius 1 is 1.53 bits per heavy atom. The molecule has 0 radical (unpaired) electrons. The van der Waals surface area contributed by atoms with Crippen LogP contribution in [0.2, 0.25) is 0 Å². The maximum atomic E-state index is 10.8. The number of nitrogens with two attached hydrogens (primary N) is 1. The first-order chi connectivity index (χ1) is 8.08. The van der Waals surface area contributed by atoms with Crippen molar-refractivity contribution in [3.63, 3.8) is 0 Å². The molecule has 1 aromatic heterocycles. The fourth-order valence-corrected chi connectivity index (χ4v) is 2.08. The topological polar surface area (TPSA) is 79.5 Å². The first-order valence-corrected chi connectivity index (χ1v) is 5.81. The summed E-state index contributed by atoms with van der Waals surface area (Å²) in [5.41, 5.74) is 6.44. The lowest BCUT2D eigenvalue weighted by atomic mass is 9.99. The Labute approximate surface area is 100 Å². The smallest absolute Gasteiger partial charge is 0.337 e. The highest BCUT2D eigenvalue weighted by Crippen LogP contribution is 2.26. The van der Waals surface area contributed by atoms with Gasteiger partial charge in [0.1, 0.15) is 0 Å². The first kappa shape index (κ1) is 11.7. The Kier molecular flexibility index (Phi) is 3.17. The second kappa shape index (κ2) is 4.61. The molecule has 2 heterocycles. The summed E-state index contributed by atoms with van der Waals surface area (Å²) < 4.78 is 0. The molecular formula is C12H17N3O2. The van der Waals surface area contributed by atoms with Crippen molar-refractivity contribution in [3.05, 3.63) is 17.8 Å². The lowest BCUT2D eigenvalue weighted by molar-refractivity contribution is 0.0696. The number of hydrogen-bond acceptors (Lipinski definition) is 4. The molecule has 17 heavy (non-hydrogen) atoms. The lowest BCUT2D eigenvalue weighted by Gasteiger charge is -2.31. The van der Waals surface area contributed by atoms with Gasteiger partial charge in [-0.05, 0) is 24.8 Å². The van der Waals surface area contributed by atoms with E-state index in [0.29, 0.717) is 11.5 Å². The molecule has 92 valence electrons. The average Bonchev–Trinajstić information content (AvgIpc) is 2.30. The van der Waals surface area contributed by atoms with Crippen LogP contribution in [-0.4, -0.2) is 29.1 Å². The van der Waals surface area contributed by atoms with Gasteiger partial charge in [0, 0.05) is 19.3 Å². The van der Waals surface area contributed by atoms with Crippen molar-refractivity contribution in [2.45, 2.75) is 19.8 Å². The SMILES string of the molecule is CC1CCN(c2ncc(C(=O)O)cc2N)CC1. The van der Waals surface area contributed by atoms with Gasteiger partial charge in [0.05, 0.1) is 11.3 Å². The Morgan fingerprint density at radius 3 is 2.71 bits per heavy atom. The van der Waals surface area contributed by atoms with Crippen molar-refractivity contribution in [3.8, 4) is 0 Å². The quantitative estimate of drug-likeness (QED) is 0.813. The summed E-state index contributed by atoms with van der Waals surface area (Å²) >= 11 is 0. The van der Waals surface area contributed by atoms with Crippen LogP contribution < -0.4 is 10.6 Å². The third-order valence-electron chi connectivity index (χ3n) is 3.23. The number of carboxylic acid groups (broad SMARTS) is 1. The molecule has 2 rings (SSSR count). The number of carboxylic acids is 1. The second-order valence-electron chi connectivity index (χ2n) is 4.61. The number of carbonyl (C=O) groups is 1. The van der Waals surface area contributed by atoms with Gasteiger partial charge in [-0.1, -0.05) is 6.92 Å². The van der Waals surface area contributed by atoms with Gasteiger partial charge in [0.15, 0.2) is 5.82 Å². The molecule has 1 aliphatic heterocycles. The second-order valence-corrected chi connectivity index (χ2v) is 4.61. The van der Waals surface area contributed by atoms with E-state index in [0.717, 1.165) is 31.8 Å². The predicted molar refractivity (Wildman–Crippen MR) is 66.2 cm³/mol. The van der Waals surface area contributed by atoms with Crippen LogP contribution in [0, 0.1) is 5.92 Å². The van der Waals surface area contributed by atoms with E-state index in [1.807, 2.05) is 0 Å². The van der Waals surface area contributed by atoms with Crippen LogP contribution in [0.25, 0.3) is 0 Å². The van der Waals surface area contributed by atoms with E-state index >= 15 is 0 Å². The molecule has 1 aliphatic rings. The maximum absolute atomic E-state index is 10.8.